The molecule has 0 radical (unpaired) electrons. The smallest absolute Gasteiger partial charge is 0.337 e. The number of carboxylic acid groups (broad SMARTS) is 1. The van der Waals surface area contributed by atoms with Crippen LogP contribution in [0.5, 0.6) is 0 Å². The van der Waals surface area contributed by atoms with Crippen LogP contribution in [-0.2, 0) is 0 Å². The van der Waals surface area contributed by atoms with Gasteiger partial charge in [-0.1, -0.05) is 12.1 Å². The van der Waals surface area contributed by atoms with Crippen LogP contribution in [0.15, 0.2) is 45.3 Å². The van der Waals surface area contributed by atoms with Gasteiger partial charge in [-0.3, -0.25) is 4.79 Å². The fraction of sp³-hybridized carbons (Fsp3) is 0.0667. The van der Waals surface area contributed by atoms with Crippen molar-refractivity contribution >= 4 is 49.4 Å². The van der Waals surface area contributed by atoms with Crippen molar-refractivity contribution in [3.63, 3.8) is 0 Å². The summed E-state index contributed by atoms with van der Waals surface area (Å²) in [6, 6.07) is 10.0. The van der Waals surface area contributed by atoms with Crippen molar-refractivity contribution in [3.05, 3.63) is 62.0 Å². The Bertz CT molecular complexity index is 729. The Hall–Kier alpha value is -1.66. The number of hydrogen-bond acceptors (Lipinski definition) is 2. The third kappa shape index (κ3) is 3.51. The van der Waals surface area contributed by atoms with Crippen LogP contribution in [0.3, 0.4) is 0 Å². The first kappa shape index (κ1) is 15.7. The quantitative estimate of drug-likeness (QED) is 0.781. The van der Waals surface area contributed by atoms with Crippen LogP contribution in [-0.4, -0.2) is 17.0 Å². The van der Waals surface area contributed by atoms with Gasteiger partial charge >= 0.3 is 5.97 Å². The monoisotopic (exact) mass is 411 g/mol. The molecule has 2 rings (SSSR count). The van der Waals surface area contributed by atoms with Crippen molar-refractivity contribution in [2.75, 3.05) is 5.32 Å². The lowest BCUT2D eigenvalue weighted by molar-refractivity contribution is 0.0698. The highest BCUT2D eigenvalue weighted by Gasteiger charge is 2.17. The maximum absolute atomic E-state index is 12.3. The van der Waals surface area contributed by atoms with Crippen LogP contribution in [0.25, 0.3) is 0 Å². The van der Waals surface area contributed by atoms with Crippen LogP contribution < -0.4 is 5.32 Å². The molecule has 0 saturated carbocycles. The third-order valence-corrected chi connectivity index (χ3v) is 4.17. The number of benzene rings is 2. The Morgan fingerprint density at radius 1 is 1.05 bits per heavy atom. The van der Waals surface area contributed by atoms with Gasteiger partial charge in [0.25, 0.3) is 5.91 Å². The minimum atomic E-state index is -1.10. The van der Waals surface area contributed by atoms with Gasteiger partial charge in [0.1, 0.15) is 0 Å². The topological polar surface area (TPSA) is 66.4 Å². The molecule has 4 nitrogen and oxygen atoms in total. The second-order valence-electron chi connectivity index (χ2n) is 4.40. The van der Waals surface area contributed by atoms with Crippen LogP contribution in [0.1, 0.15) is 26.3 Å². The lowest BCUT2D eigenvalue weighted by atomic mass is 10.1. The summed E-state index contributed by atoms with van der Waals surface area (Å²) in [5.74, 6) is -1.48. The highest BCUT2D eigenvalue weighted by Crippen LogP contribution is 2.28. The molecule has 0 heterocycles. The SMILES string of the molecule is Cc1ccc(C(=O)Nc2c(Br)cccc2C(=O)O)c(Br)c1. The van der Waals surface area contributed by atoms with E-state index in [0.29, 0.717) is 14.5 Å². The first-order chi connectivity index (χ1) is 9.90. The van der Waals surface area contributed by atoms with Crippen molar-refractivity contribution in [1.82, 2.24) is 0 Å². The first-order valence-corrected chi connectivity index (χ1v) is 7.58. The summed E-state index contributed by atoms with van der Waals surface area (Å²) in [5, 5.41) is 11.8. The van der Waals surface area contributed by atoms with E-state index < -0.39 is 5.97 Å². The molecule has 0 aliphatic carbocycles. The Balaban J connectivity index is 2.38. The molecule has 0 saturated heterocycles. The fourth-order valence-electron chi connectivity index (χ4n) is 1.81. The zero-order valence-corrected chi connectivity index (χ0v) is 14.2. The minimum Gasteiger partial charge on any atom is -0.478 e. The molecule has 6 heteroatoms. The van der Waals surface area contributed by atoms with Crippen LogP contribution in [0, 0.1) is 6.92 Å². The molecule has 2 N–H and O–H groups in total. The predicted molar refractivity (Wildman–Crippen MR) is 87.9 cm³/mol. The van der Waals surface area contributed by atoms with E-state index in [9.17, 15) is 14.7 Å². The van der Waals surface area contributed by atoms with Gasteiger partial charge < -0.3 is 10.4 Å². The van der Waals surface area contributed by atoms with E-state index >= 15 is 0 Å². The van der Waals surface area contributed by atoms with Gasteiger partial charge in [-0.25, -0.2) is 4.79 Å². The number of anilines is 1. The average Bonchev–Trinajstić information content (AvgIpc) is 2.40. The lowest BCUT2D eigenvalue weighted by Crippen LogP contribution is -2.16. The Morgan fingerprint density at radius 2 is 1.76 bits per heavy atom. The number of nitrogens with one attached hydrogen (secondary N) is 1. The largest absolute Gasteiger partial charge is 0.478 e. The van der Waals surface area contributed by atoms with Gasteiger partial charge in [-0.2, -0.15) is 0 Å². The van der Waals surface area contributed by atoms with E-state index in [4.69, 9.17) is 0 Å². The predicted octanol–water partition coefficient (Wildman–Crippen LogP) is 4.47. The van der Waals surface area contributed by atoms with Crippen molar-refractivity contribution in [3.8, 4) is 0 Å². The van der Waals surface area contributed by atoms with E-state index in [1.165, 1.54) is 6.07 Å². The van der Waals surface area contributed by atoms with Gasteiger partial charge in [0.15, 0.2) is 0 Å². The number of para-hydroxylation sites is 1. The molecule has 0 fully saturated rings. The normalized spacial score (nSPS) is 10.2. The highest BCUT2D eigenvalue weighted by atomic mass is 79.9. The Kier molecular flexibility index (Phi) is 4.80. The van der Waals surface area contributed by atoms with Gasteiger partial charge in [0.2, 0.25) is 0 Å². The molecule has 0 aliphatic heterocycles. The van der Waals surface area contributed by atoms with E-state index in [-0.39, 0.29) is 17.2 Å². The van der Waals surface area contributed by atoms with Gasteiger partial charge in [-0.05, 0) is 68.6 Å². The third-order valence-electron chi connectivity index (χ3n) is 2.85. The second kappa shape index (κ2) is 6.41. The average molecular weight is 413 g/mol. The van der Waals surface area contributed by atoms with Crippen LogP contribution in [0.4, 0.5) is 5.69 Å². The Morgan fingerprint density at radius 3 is 2.38 bits per heavy atom. The number of amides is 1. The van der Waals surface area contributed by atoms with Crippen molar-refractivity contribution in [1.29, 1.82) is 0 Å². The number of aryl methyl sites for hydroxylation is 1. The summed E-state index contributed by atoms with van der Waals surface area (Å²) in [6.07, 6.45) is 0. The van der Waals surface area contributed by atoms with Gasteiger partial charge in [-0.15, -0.1) is 0 Å². The number of hydrogen-bond donors (Lipinski definition) is 2. The van der Waals surface area contributed by atoms with E-state index in [0.717, 1.165) is 5.56 Å². The summed E-state index contributed by atoms with van der Waals surface area (Å²) in [6.45, 7) is 1.92. The molecular formula is C15H11Br2NO3. The summed E-state index contributed by atoms with van der Waals surface area (Å²) >= 11 is 6.60. The molecule has 2 aromatic rings. The molecule has 0 bridgehead atoms. The molecule has 0 atom stereocenters. The maximum atomic E-state index is 12.3. The van der Waals surface area contributed by atoms with Gasteiger partial charge in [0, 0.05) is 8.95 Å². The zero-order valence-electron chi connectivity index (χ0n) is 11.0. The molecule has 0 unspecified atom stereocenters. The van der Waals surface area contributed by atoms with Crippen LogP contribution in [0.2, 0.25) is 0 Å². The summed E-state index contributed by atoms with van der Waals surface area (Å²) < 4.78 is 1.17. The van der Waals surface area contributed by atoms with E-state index in [1.54, 1.807) is 18.2 Å². The molecule has 1 amide bonds. The van der Waals surface area contributed by atoms with Crippen LogP contribution >= 0.6 is 31.9 Å². The minimum absolute atomic E-state index is 0.0287. The molecule has 21 heavy (non-hydrogen) atoms. The number of rotatable bonds is 3. The second-order valence-corrected chi connectivity index (χ2v) is 6.11. The van der Waals surface area contributed by atoms with Gasteiger partial charge in [0.05, 0.1) is 16.8 Å². The number of halogens is 2. The van der Waals surface area contributed by atoms with Crippen molar-refractivity contribution in [2.24, 2.45) is 0 Å². The number of carboxylic acids is 1. The molecule has 0 aliphatic rings. The number of carbonyl (C=O) groups excluding carboxylic acids is 1. The number of carbonyl (C=O) groups is 2. The maximum Gasteiger partial charge on any atom is 0.337 e. The summed E-state index contributed by atoms with van der Waals surface area (Å²) in [5.41, 5.74) is 1.72. The zero-order chi connectivity index (χ0) is 15.6. The summed E-state index contributed by atoms with van der Waals surface area (Å²) in [4.78, 5) is 23.5. The molecule has 0 spiro atoms. The number of aromatic carboxylic acids is 1. The molecular weight excluding hydrogens is 402 g/mol. The van der Waals surface area contributed by atoms with E-state index in [1.807, 2.05) is 19.1 Å². The van der Waals surface area contributed by atoms with Crippen molar-refractivity contribution < 1.29 is 14.7 Å². The van der Waals surface area contributed by atoms with E-state index in [2.05, 4.69) is 37.2 Å². The summed E-state index contributed by atoms with van der Waals surface area (Å²) in [7, 11) is 0. The lowest BCUT2D eigenvalue weighted by Gasteiger charge is -2.11. The molecule has 0 aromatic heterocycles. The fourth-order valence-corrected chi connectivity index (χ4v) is 2.95. The Labute approximate surface area is 138 Å². The molecule has 108 valence electrons. The first-order valence-electron chi connectivity index (χ1n) is 5.99. The highest BCUT2D eigenvalue weighted by molar-refractivity contribution is 9.11. The standard InChI is InChI=1S/C15H11Br2NO3/c1-8-5-6-9(12(17)7-8)14(19)18-13-10(15(20)21)3-2-4-11(13)16/h2-7H,1H3,(H,18,19)(H,20,21). The van der Waals surface area contributed by atoms with Crippen molar-refractivity contribution in [2.45, 2.75) is 6.92 Å². The molecule has 2 aromatic carbocycles.